The van der Waals surface area contributed by atoms with E-state index in [-0.39, 0.29) is 18.1 Å². The zero-order chi connectivity index (χ0) is 15.1. The van der Waals surface area contributed by atoms with Crippen LogP contribution in [-0.2, 0) is 4.74 Å². The van der Waals surface area contributed by atoms with Crippen molar-refractivity contribution in [1.82, 2.24) is 15.5 Å². The molecule has 0 spiro atoms. The molecular formula is C14H18N4O2S. The van der Waals surface area contributed by atoms with Gasteiger partial charge in [-0.2, -0.15) is 5.10 Å². The molecule has 0 bridgehead atoms. The Morgan fingerprint density at radius 2 is 2.10 bits per heavy atom. The molecule has 1 aliphatic carbocycles. The number of nitrogens with zero attached hydrogens (tertiary/aromatic N) is 2. The third-order valence-corrected chi connectivity index (χ3v) is 5.19. The zero-order valence-corrected chi connectivity index (χ0v) is 13.1. The van der Waals surface area contributed by atoms with E-state index >= 15 is 0 Å². The summed E-state index contributed by atoms with van der Waals surface area (Å²) in [4.78, 5) is 13.6. The number of anilines is 1. The van der Waals surface area contributed by atoms with Gasteiger partial charge in [0.1, 0.15) is 9.71 Å². The predicted octanol–water partition coefficient (Wildman–Crippen LogP) is 1.80. The van der Waals surface area contributed by atoms with Crippen LogP contribution in [0.2, 0.25) is 0 Å². The second-order valence-corrected chi connectivity index (χ2v) is 6.43. The highest BCUT2D eigenvalue weighted by Crippen LogP contribution is 2.35. The number of rotatable bonds is 3. The normalized spacial score (nSPS) is 21.3. The summed E-state index contributed by atoms with van der Waals surface area (Å²) in [5.41, 5.74) is 8.48. The van der Waals surface area contributed by atoms with Crippen molar-refractivity contribution in [1.29, 1.82) is 0 Å². The standard InChI is InChI=1S/C14H18N4O2S/c1-6-7(2)17-18-14-10(6)11(15)12(21-14)13(19)16-8-4-9(5-8)20-3/h8-9H,4-5,15H2,1-3H3,(H,16,19). The lowest BCUT2D eigenvalue weighted by Gasteiger charge is -2.34. The molecule has 1 aliphatic rings. The number of hydrogen-bond donors (Lipinski definition) is 2. The maximum atomic E-state index is 12.4. The van der Waals surface area contributed by atoms with Crippen LogP contribution in [-0.4, -0.2) is 35.4 Å². The molecule has 0 unspecified atom stereocenters. The van der Waals surface area contributed by atoms with E-state index in [0.717, 1.165) is 29.5 Å². The highest BCUT2D eigenvalue weighted by molar-refractivity contribution is 7.21. The summed E-state index contributed by atoms with van der Waals surface area (Å²) < 4.78 is 5.21. The summed E-state index contributed by atoms with van der Waals surface area (Å²) >= 11 is 1.30. The number of amides is 1. The number of aromatic nitrogens is 2. The molecule has 2 aromatic heterocycles. The van der Waals surface area contributed by atoms with Crippen LogP contribution in [0.1, 0.15) is 33.8 Å². The van der Waals surface area contributed by atoms with Crippen LogP contribution in [0, 0.1) is 13.8 Å². The van der Waals surface area contributed by atoms with Gasteiger partial charge in [-0.1, -0.05) is 0 Å². The fraction of sp³-hybridized carbons (Fsp3) is 0.500. The Morgan fingerprint density at radius 3 is 2.76 bits per heavy atom. The fourth-order valence-corrected chi connectivity index (χ4v) is 3.54. The lowest BCUT2D eigenvalue weighted by atomic mass is 9.89. The van der Waals surface area contributed by atoms with E-state index in [1.165, 1.54) is 11.3 Å². The Kier molecular flexibility index (Phi) is 3.54. The molecule has 1 fully saturated rings. The van der Waals surface area contributed by atoms with Gasteiger partial charge in [-0.15, -0.1) is 16.4 Å². The van der Waals surface area contributed by atoms with Gasteiger partial charge in [-0.05, 0) is 32.3 Å². The van der Waals surface area contributed by atoms with Gasteiger partial charge >= 0.3 is 0 Å². The van der Waals surface area contributed by atoms with Crippen molar-refractivity contribution in [3.05, 3.63) is 16.1 Å². The number of nitrogens with one attached hydrogen (secondary N) is 1. The molecule has 6 nitrogen and oxygen atoms in total. The lowest BCUT2D eigenvalue weighted by molar-refractivity contribution is 0.0177. The number of fused-ring (bicyclic) bond motifs is 1. The molecule has 2 heterocycles. The van der Waals surface area contributed by atoms with Crippen LogP contribution >= 0.6 is 11.3 Å². The van der Waals surface area contributed by atoms with Crippen LogP contribution in [0.4, 0.5) is 5.69 Å². The number of carbonyl (C=O) groups is 1. The molecule has 2 aromatic rings. The Labute approximate surface area is 126 Å². The van der Waals surface area contributed by atoms with E-state index in [1.807, 2.05) is 13.8 Å². The number of thiophene rings is 1. The van der Waals surface area contributed by atoms with Crippen molar-refractivity contribution in [2.24, 2.45) is 0 Å². The van der Waals surface area contributed by atoms with Crippen LogP contribution in [0.15, 0.2) is 0 Å². The Bertz CT molecular complexity index is 707. The van der Waals surface area contributed by atoms with Gasteiger partial charge in [0.25, 0.3) is 5.91 Å². The number of carbonyl (C=O) groups excluding carboxylic acids is 1. The Hall–Kier alpha value is -1.73. The summed E-state index contributed by atoms with van der Waals surface area (Å²) in [6.45, 7) is 3.84. The first-order valence-corrected chi connectivity index (χ1v) is 7.68. The third-order valence-electron chi connectivity index (χ3n) is 4.10. The number of nitrogen functional groups attached to an aromatic ring is 1. The van der Waals surface area contributed by atoms with Gasteiger partial charge in [-0.3, -0.25) is 4.79 Å². The molecule has 0 aromatic carbocycles. The summed E-state index contributed by atoms with van der Waals surface area (Å²) in [6, 6.07) is 0.168. The van der Waals surface area contributed by atoms with Crippen molar-refractivity contribution >= 4 is 33.1 Å². The topological polar surface area (TPSA) is 90.1 Å². The first-order chi connectivity index (χ1) is 10.0. The van der Waals surface area contributed by atoms with Crippen molar-refractivity contribution in [3.8, 4) is 0 Å². The SMILES string of the molecule is COC1CC(NC(=O)c2sc3nnc(C)c(C)c3c2N)C1. The summed E-state index contributed by atoms with van der Waals surface area (Å²) in [5.74, 6) is -0.132. The van der Waals surface area contributed by atoms with E-state index in [2.05, 4.69) is 15.5 Å². The molecule has 3 rings (SSSR count). The van der Waals surface area contributed by atoms with Crippen molar-refractivity contribution in [3.63, 3.8) is 0 Å². The number of aryl methyl sites for hydroxylation is 2. The van der Waals surface area contributed by atoms with Gasteiger partial charge < -0.3 is 15.8 Å². The number of nitrogens with two attached hydrogens (primary N) is 1. The van der Waals surface area contributed by atoms with E-state index in [4.69, 9.17) is 10.5 Å². The fourth-order valence-electron chi connectivity index (χ4n) is 2.54. The van der Waals surface area contributed by atoms with Gasteiger partial charge in [-0.25, -0.2) is 0 Å². The zero-order valence-electron chi connectivity index (χ0n) is 12.3. The average molecular weight is 306 g/mol. The highest BCUT2D eigenvalue weighted by atomic mass is 32.1. The summed E-state index contributed by atoms with van der Waals surface area (Å²) in [5, 5.41) is 12.1. The minimum absolute atomic E-state index is 0.132. The van der Waals surface area contributed by atoms with Gasteiger partial charge in [0, 0.05) is 18.5 Å². The van der Waals surface area contributed by atoms with Crippen LogP contribution in [0.5, 0.6) is 0 Å². The Morgan fingerprint density at radius 1 is 1.38 bits per heavy atom. The second-order valence-electron chi connectivity index (χ2n) is 5.43. The Balaban J connectivity index is 1.85. The van der Waals surface area contributed by atoms with E-state index in [0.29, 0.717) is 15.4 Å². The van der Waals surface area contributed by atoms with Gasteiger partial charge in [0.15, 0.2) is 0 Å². The average Bonchev–Trinajstić information content (AvgIpc) is 2.75. The molecule has 0 radical (unpaired) electrons. The second kappa shape index (κ2) is 5.23. The van der Waals surface area contributed by atoms with Crippen molar-refractivity contribution in [2.75, 3.05) is 12.8 Å². The molecule has 0 atom stereocenters. The maximum absolute atomic E-state index is 12.4. The quantitative estimate of drug-likeness (QED) is 0.902. The minimum Gasteiger partial charge on any atom is -0.397 e. The largest absolute Gasteiger partial charge is 0.397 e. The smallest absolute Gasteiger partial charge is 0.263 e. The maximum Gasteiger partial charge on any atom is 0.263 e. The molecule has 1 amide bonds. The van der Waals surface area contributed by atoms with Gasteiger partial charge in [0.2, 0.25) is 0 Å². The molecule has 112 valence electrons. The molecule has 0 saturated heterocycles. The monoisotopic (exact) mass is 306 g/mol. The summed E-state index contributed by atoms with van der Waals surface area (Å²) in [7, 11) is 1.69. The molecule has 7 heteroatoms. The molecular weight excluding hydrogens is 288 g/mol. The van der Waals surface area contributed by atoms with E-state index in [9.17, 15) is 4.79 Å². The summed E-state index contributed by atoms with van der Waals surface area (Å²) in [6.07, 6.45) is 1.96. The van der Waals surface area contributed by atoms with Gasteiger partial charge in [0.05, 0.1) is 17.5 Å². The van der Waals surface area contributed by atoms with Crippen molar-refractivity contribution in [2.45, 2.75) is 38.8 Å². The number of methoxy groups -OCH3 is 1. The first-order valence-electron chi connectivity index (χ1n) is 6.86. The van der Waals surface area contributed by atoms with Crippen molar-refractivity contribution < 1.29 is 9.53 Å². The minimum atomic E-state index is -0.132. The van der Waals surface area contributed by atoms with E-state index in [1.54, 1.807) is 7.11 Å². The molecule has 21 heavy (non-hydrogen) atoms. The lowest BCUT2D eigenvalue weighted by Crippen LogP contribution is -2.47. The number of ether oxygens (including phenoxy) is 1. The predicted molar refractivity (Wildman–Crippen MR) is 82.6 cm³/mol. The molecule has 3 N–H and O–H groups in total. The van der Waals surface area contributed by atoms with Crippen LogP contribution < -0.4 is 11.1 Å². The third kappa shape index (κ3) is 2.36. The first kappa shape index (κ1) is 14.2. The van der Waals surface area contributed by atoms with Crippen LogP contribution in [0.25, 0.3) is 10.2 Å². The number of hydrogen-bond acceptors (Lipinski definition) is 6. The molecule has 1 saturated carbocycles. The van der Waals surface area contributed by atoms with Crippen LogP contribution in [0.3, 0.4) is 0 Å². The highest BCUT2D eigenvalue weighted by Gasteiger charge is 2.31. The molecule has 0 aliphatic heterocycles. The van der Waals surface area contributed by atoms with E-state index < -0.39 is 0 Å².